The highest BCUT2D eigenvalue weighted by atomic mass is 16.7. The fraction of sp³-hybridized carbons (Fsp3) is 0.727. The summed E-state index contributed by atoms with van der Waals surface area (Å²) in [6.07, 6.45) is 0. The predicted molar refractivity (Wildman–Crippen MR) is 63.7 cm³/mol. The van der Waals surface area contributed by atoms with Crippen molar-refractivity contribution >= 4 is 12.7 Å². The molecule has 1 saturated heterocycles. The standard InChI is InChI=1S/C11H19BN2O2/c1-8-7-9(13-14(8)6)12-15-10(2,3)11(4,5)16-12/h7H,1-6H3. The molecule has 1 aromatic heterocycles. The van der Waals surface area contributed by atoms with Crippen LogP contribution in [0.5, 0.6) is 0 Å². The highest BCUT2D eigenvalue weighted by Gasteiger charge is 2.52. The minimum absolute atomic E-state index is 0.302. The van der Waals surface area contributed by atoms with Crippen molar-refractivity contribution in [1.82, 2.24) is 9.78 Å². The van der Waals surface area contributed by atoms with Gasteiger partial charge in [0.25, 0.3) is 0 Å². The fourth-order valence-corrected chi connectivity index (χ4v) is 1.67. The summed E-state index contributed by atoms with van der Waals surface area (Å²) in [5, 5.41) is 4.39. The second kappa shape index (κ2) is 3.34. The Morgan fingerprint density at radius 2 is 1.69 bits per heavy atom. The molecule has 0 radical (unpaired) electrons. The van der Waals surface area contributed by atoms with Gasteiger partial charge in [0, 0.05) is 12.7 Å². The van der Waals surface area contributed by atoms with Gasteiger partial charge >= 0.3 is 7.12 Å². The van der Waals surface area contributed by atoms with Crippen LogP contribution in [0, 0.1) is 6.92 Å². The zero-order valence-corrected chi connectivity index (χ0v) is 10.9. The minimum Gasteiger partial charge on any atom is -0.398 e. The van der Waals surface area contributed by atoms with Crippen molar-refractivity contribution in [2.75, 3.05) is 0 Å². The fourth-order valence-electron chi connectivity index (χ4n) is 1.67. The normalized spacial score (nSPS) is 22.8. The zero-order valence-electron chi connectivity index (χ0n) is 10.9. The van der Waals surface area contributed by atoms with E-state index < -0.39 is 0 Å². The molecule has 2 rings (SSSR count). The van der Waals surface area contributed by atoms with Gasteiger partial charge in [-0.05, 0) is 40.7 Å². The van der Waals surface area contributed by atoms with Crippen LogP contribution in [0.3, 0.4) is 0 Å². The van der Waals surface area contributed by atoms with Crippen molar-refractivity contribution in [3.05, 3.63) is 11.8 Å². The summed E-state index contributed by atoms with van der Waals surface area (Å²) in [5.41, 5.74) is 1.34. The molecule has 1 fully saturated rings. The summed E-state index contributed by atoms with van der Waals surface area (Å²) in [6, 6.07) is 2.00. The predicted octanol–water partition coefficient (Wildman–Crippen LogP) is 1.03. The van der Waals surface area contributed by atoms with Gasteiger partial charge in [0.15, 0.2) is 0 Å². The van der Waals surface area contributed by atoms with E-state index in [1.807, 2.05) is 52.4 Å². The van der Waals surface area contributed by atoms with E-state index in [4.69, 9.17) is 9.31 Å². The van der Waals surface area contributed by atoms with E-state index >= 15 is 0 Å². The third-order valence-electron chi connectivity index (χ3n) is 3.63. The molecule has 0 N–H and O–H groups in total. The van der Waals surface area contributed by atoms with E-state index in [0.29, 0.717) is 0 Å². The van der Waals surface area contributed by atoms with Gasteiger partial charge in [-0.1, -0.05) is 0 Å². The Balaban J connectivity index is 2.27. The Hall–Kier alpha value is -0.805. The van der Waals surface area contributed by atoms with Crippen LogP contribution in [0.1, 0.15) is 33.4 Å². The number of rotatable bonds is 1. The van der Waals surface area contributed by atoms with Crippen LogP contribution in [0.25, 0.3) is 0 Å². The minimum atomic E-state index is -0.357. The first-order valence-electron chi connectivity index (χ1n) is 5.59. The summed E-state index contributed by atoms with van der Waals surface area (Å²) in [6.45, 7) is 10.2. The van der Waals surface area contributed by atoms with E-state index in [9.17, 15) is 0 Å². The maximum Gasteiger partial charge on any atom is 0.516 e. The van der Waals surface area contributed by atoms with Crippen LogP contribution in [0.2, 0.25) is 0 Å². The SMILES string of the molecule is Cc1cc(B2OC(C)(C)C(C)(C)O2)nn1C. The van der Waals surface area contributed by atoms with E-state index in [-0.39, 0.29) is 18.3 Å². The van der Waals surface area contributed by atoms with E-state index in [1.54, 1.807) is 0 Å². The maximum atomic E-state index is 5.92. The lowest BCUT2D eigenvalue weighted by molar-refractivity contribution is 0.00578. The lowest BCUT2D eigenvalue weighted by Gasteiger charge is -2.32. The van der Waals surface area contributed by atoms with Gasteiger partial charge < -0.3 is 9.31 Å². The first-order chi connectivity index (χ1) is 7.23. The van der Waals surface area contributed by atoms with Gasteiger partial charge in [-0.25, -0.2) is 0 Å². The summed E-state index contributed by atoms with van der Waals surface area (Å²) >= 11 is 0. The molecule has 1 aliphatic rings. The number of nitrogens with zero attached hydrogens (tertiary/aromatic N) is 2. The van der Waals surface area contributed by atoms with Gasteiger partial charge in [0.05, 0.1) is 16.8 Å². The Labute approximate surface area is 97.1 Å². The summed E-state index contributed by atoms with van der Waals surface area (Å²) in [5.74, 6) is 0. The molecule has 0 atom stereocenters. The molecular weight excluding hydrogens is 203 g/mol. The van der Waals surface area contributed by atoms with Crippen molar-refractivity contribution in [1.29, 1.82) is 0 Å². The highest BCUT2D eigenvalue weighted by Crippen LogP contribution is 2.36. The van der Waals surface area contributed by atoms with E-state index in [0.717, 1.165) is 11.3 Å². The number of hydrogen-bond acceptors (Lipinski definition) is 3. The van der Waals surface area contributed by atoms with Crippen molar-refractivity contribution in [2.24, 2.45) is 7.05 Å². The summed E-state index contributed by atoms with van der Waals surface area (Å²) in [7, 11) is 1.56. The van der Waals surface area contributed by atoms with Gasteiger partial charge in [-0.3, -0.25) is 4.68 Å². The van der Waals surface area contributed by atoms with Crippen LogP contribution >= 0.6 is 0 Å². The molecule has 2 heterocycles. The molecule has 0 saturated carbocycles. The molecular formula is C11H19BN2O2. The second-order valence-corrected chi connectivity index (χ2v) is 5.42. The number of aromatic nitrogens is 2. The molecule has 0 unspecified atom stereocenters. The van der Waals surface area contributed by atoms with Crippen molar-refractivity contribution < 1.29 is 9.31 Å². The highest BCUT2D eigenvalue weighted by molar-refractivity contribution is 6.61. The monoisotopic (exact) mass is 222 g/mol. The largest absolute Gasteiger partial charge is 0.516 e. The molecule has 16 heavy (non-hydrogen) atoms. The average Bonchev–Trinajstić information content (AvgIpc) is 2.54. The average molecular weight is 222 g/mol. The molecule has 0 aliphatic carbocycles. The lowest BCUT2D eigenvalue weighted by Crippen LogP contribution is -2.41. The van der Waals surface area contributed by atoms with Crippen LogP contribution in [0.15, 0.2) is 6.07 Å². The van der Waals surface area contributed by atoms with Gasteiger partial charge in [0.2, 0.25) is 0 Å². The molecule has 4 nitrogen and oxygen atoms in total. The first-order valence-corrected chi connectivity index (χ1v) is 5.59. The second-order valence-electron chi connectivity index (χ2n) is 5.42. The van der Waals surface area contributed by atoms with Crippen LogP contribution in [-0.4, -0.2) is 28.1 Å². The Morgan fingerprint density at radius 1 is 1.19 bits per heavy atom. The van der Waals surface area contributed by atoms with Crippen molar-refractivity contribution in [2.45, 2.75) is 45.8 Å². The Kier molecular flexibility index (Phi) is 2.44. The van der Waals surface area contributed by atoms with Gasteiger partial charge in [-0.15, -0.1) is 0 Å². The maximum absolute atomic E-state index is 5.92. The summed E-state index contributed by atoms with van der Waals surface area (Å²) in [4.78, 5) is 0. The Bertz CT molecular complexity index is 377. The number of aryl methyl sites for hydroxylation is 2. The lowest BCUT2D eigenvalue weighted by atomic mass is 9.85. The first kappa shape index (κ1) is 11.7. The topological polar surface area (TPSA) is 36.3 Å². The number of hydrogen-bond donors (Lipinski definition) is 0. The molecule has 1 aromatic rings. The summed E-state index contributed by atoms with van der Waals surface area (Å²) < 4.78 is 13.7. The molecule has 0 amide bonds. The van der Waals surface area contributed by atoms with Gasteiger partial charge in [0.1, 0.15) is 0 Å². The van der Waals surface area contributed by atoms with E-state index in [1.165, 1.54) is 0 Å². The van der Waals surface area contributed by atoms with Gasteiger partial charge in [-0.2, -0.15) is 5.10 Å². The van der Waals surface area contributed by atoms with Crippen LogP contribution in [-0.2, 0) is 16.4 Å². The quantitative estimate of drug-likeness (QED) is 0.666. The molecule has 88 valence electrons. The van der Waals surface area contributed by atoms with Crippen molar-refractivity contribution in [3.63, 3.8) is 0 Å². The Morgan fingerprint density at radius 3 is 2.06 bits per heavy atom. The molecule has 5 heteroatoms. The molecule has 1 aliphatic heterocycles. The van der Waals surface area contributed by atoms with Crippen molar-refractivity contribution in [3.8, 4) is 0 Å². The van der Waals surface area contributed by atoms with E-state index in [2.05, 4.69) is 5.10 Å². The molecule has 0 aromatic carbocycles. The molecule has 0 spiro atoms. The zero-order chi connectivity index (χ0) is 12.1. The third kappa shape index (κ3) is 1.68. The smallest absolute Gasteiger partial charge is 0.398 e. The van der Waals surface area contributed by atoms with Crippen LogP contribution in [0.4, 0.5) is 0 Å². The molecule has 0 bridgehead atoms. The van der Waals surface area contributed by atoms with Crippen LogP contribution < -0.4 is 5.59 Å². The third-order valence-corrected chi connectivity index (χ3v) is 3.63.